The molecular weight excluding hydrogens is 216 g/mol. The summed E-state index contributed by atoms with van der Waals surface area (Å²) in [7, 11) is 0. The molecule has 0 saturated heterocycles. The molecule has 1 aromatic heterocycles. The maximum atomic E-state index is 10.7. The van der Waals surface area contributed by atoms with Crippen molar-refractivity contribution in [3.8, 4) is 0 Å². The average molecular weight is 230 g/mol. The molecule has 0 unspecified atom stereocenters. The van der Waals surface area contributed by atoms with Crippen molar-refractivity contribution in [3.63, 3.8) is 0 Å². The first-order valence-electron chi connectivity index (χ1n) is 5.46. The van der Waals surface area contributed by atoms with Gasteiger partial charge in [0.2, 0.25) is 0 Å². The lowest BCUT2D eigenvalue weighted by Gasteiger charge is -2.09. The molecule has 1 atom stereocenters. The third-order valence-corrected chi connectivity index (χ3v) is 2.65. The summed E-state index contributed by atoms with van der Waals surface area (Å²) < 4.78 is 0. The second-order valence-corrected chi connectivity index (χ2v) is 3.97. The number of carbonyl (C=O) groups is 1. The zero-order valence-electron chi connectivity index (χ0n) is 9.55. The summed E-state index contributed by atoms with van der Waals surface area (Å²) in [6, 6.07) is 9.25. The Balaban J connectivity index is 2.12. The summed E-state index contributed by atoms with van der Waals surface area (Å²) in [6.07, 6.45) is 1.76. The van der Waals surface area contributed by atoms with E-state index in [2.05, 4.69) is 10.3 Å². The van der Waals surface area contributed by atoms with Crippen LogP contribution in [0.25, 0.3) is 10.9 Å². The highest BCUT2D eigenvalue weighted by atomic mass is 16.4. The standard InChI is InChI=1S/C13H14N2O2/c1-9(13(16)17)15-8-10-4-5-12-11(7-10)3-2-6-14-12/h2-7,9,15H,8H2,1H3,(H,16,17)/t9-/m0/s1. The zero-order valence-corrected chi connectivity index (χ0v) is 9.55. The molecule has 2 rings (SSSR count). The molecule has 1 heterocycles. The number of carboxylic acids is 1. The van der Waals surface area contributed by atoms with E-state index < -0.39 is 12.0 Å². The minimum atomic E-state index is -0.840. The first-order chi connectivity index (χ1) is 8.16. The molecule has 1 aromatic carbocycles. The van der Waals surface area contributed by atoms with Crippen LogP contribution in [0.4, 0.5) is 0 Å². The fourth-order valence-corrected chi connectivity index (χ4v) is 1.59. The normalized spacial score (nSPS) is 12.5. The van der Waals surface area contributed by atoms with Gasteiger partial charge in [-0.15, -0.1) is 0 Å². The number of rotatable bonds is 4. The van der Waals surface area contributed by atoms with Gasteiger partial charge in [0.25, 0.3) is 0 Å². The van der Waals surface area contributed by atoms with Crippen LogP contribution in [0, 0.1) is 0 Å². The van der Waals surface area contributed by atoms with E-state index in [9.17, 15) is 4.79 Å². The minimum absolute atomic E-state index is 0.540. The molecule has 2 aromatic rings. The lowest BCUT2D eigenvalue weighted by molar-refractivity contribution is -0.139. The van der Waals surface area contributed by atoms with Gasteiger partial charge in [0, 0.05) is 18.1 Å². The van der Waals surface area contributed by atoms with Crippen LogP contribution in [0.5, 0.6) is 0 Å². The Morgan fingerprint density at radius 3 is 3.06 bits per heavy atom. The number of aliphatic carboxylic acids is 1. The van der Waals surface area contributed by atoms with Gasteiger partial charge in [-0.25, -0.2) is 0 Å². The van der Waals surface area contributed by atoms with Crippen LogP contribution in [0.15, 0.2) is 36.5 Å². The highest BCUT2D eigenvalue weighted by Crippen LogP contribution is 2.13. The lowest BCUT2D eigenvalue weighted by Crippen LogP contribution is -2.33. The van der Waals surface area contributed by atoms with Crippen molar-refractivity contribution in [2.75, 3.05) is 0 Å². The number of nitrogens with zero attached hydrogens (tertiary/aromatic N) is 1. The van der Waals surface area contributed by atoms with Crippen LogP contribution >= 0.6 is 0 Å². The Bertz CT molecular complexity index is 540. The Morgan fingerprint density at radius 2 is 2.29 bits per heavy atom. The second kappa shape index (κ2) is 4.93. The monoisotopic (exact) mass is 230 g/mol. The first-order valence-corrected chi connectivity index (χ1v) is 5.46. The first kappa shape index (κ1) is 11.5. The van der Waals surface area contributed by atoms with E-state index in [4.69, 9.17) is 5.11 Å². The van der Waals surface area contributed by atoms with Gasteiger partial charge < -0.3 is 10.4 Å². The van der Waals surface area contributed by atoms with Crippen molar-refractivity contribution in [2.24, 2.45) is 0 Å². The number of aromatic nitrogens is 1. The number of carboxylic acid groups (broad SMARTS) is 1. The summed E-state index contributed by atoms with van der Waals surface area (Å²) in [5, 5.41) is 12.8. The van der Waals surface area contributed by atoms with Crippen molar-refractivity contribution in [1.29, 1.82) is 0 Å². The van der Waals surface area contributed by atoms with Gasteiger partial charge in [-0.3, -0.25) is 9.78 Å². The highest BCUT2D eigenvalue weighted by molar-refractivity contribution is 5.79. The Labute approximate surface area is 99.3 Å². The molecule has 0 amide bonds. The minimum Gasteiger partial charge on any atom is -0.480 e. The van der Waals surface area contributed by atoms with Crippen molar-refractivity contribution in [3.05, 3.63) is 42.1 Å². The van der Waals surface area contributed by atoms with E-state index in [1.165, 1.54) is 0 Å². The van der Waals surface area contributed by atoms with E-state index in [1.54, 1.807) is 13.1 Å². The van der Waals surface area contributed by atoms with Gasteiger partial charge in [0.05, 0.1) is 5.52 Å². The van der Waals surface area contributed by atoms with Gasteiger partial charge in [-0.1, -0.05) is 12.1 Å². The Hall–Kier alpha value is -1.94. The van der Waals surface area contributed by atoms with Crippen LogP contribution in [-0.4, -0.2) is 22.1 Å². The summed E-state index contributed by atoms with van der Waals surface area (Å²) in [5.74, 6) is -0.840. The van der Waals surface area contributed by atoms with Crippen molar-refractivity contribution in [2.45, 2.75) is 19.5 Å². The quantitative estimate of drug-likeness (QED) is 0.840. The molecule has 17 heavy (non-hydrogen) atoms. The molecule has 0 fully saturated rings. The number of nitrogens with one attached hydrogen (secondary N) is 1. The van der Waals surface area contributed by atoms with Gasteiger partial charge in [0.1, 0.15) is 6.04 Å². The van der Waals surface area contributed by atoms with Crippen molar-refractivity contribution in [1.82, 2.24) is 10.3 Å². The van der Waals surface area contributed by atoms with E-state index >= 15 is 0 Å². The molecular formula is C13H14N2O2. The summed E-state index contributed by atoms with van der Waals surface area (Å²) in [5.41, 5.74) is 2.00. The fourth-order valence-electron chi connectivity index (χ4n) is 1.59. The smallest absolute Gasteiger partial charge is 0.320 e. The van der Waals surface area contributed by atoms with Gasteiger partial charge in [-0.2, -0.15) is 0 Å². The molecule has 0 radical (unpaired) electrons. The van der Waals surface area contributed by atoms with Crippen LogP contribution in [-0.2, 0) is 11.3 Å². The molecule has 4 nitrogen and oxygen atoms in total. The van der Waals surface area contributed by atoms with E-state index in [0.717, 1.165) is 16.5 Å². The molecule has 0 bridgehead atoms. The van der Waals surface area contributed by atoms with Crippen molar-refractivity contribution < 1.29 is 9.90 Å². The third-order valence-electron chi connectivity index (χ3n) is 2.65. The van der Waals surface area contributed by atoms with Crippen LogP contribution in [0.1, 0.15) is 12.5 Å². The average Bonchev–Trinajstić information content (AvgIpc) is 2.35. The molecule has 2 N–H and O–H groups in total. The molecule has 0 aliphatic heterocycles. The van der Waals surface area contributed by atoms with E-state index in [0.29, 0.717) is 6.54 Å². The highest BCUT2D eigenvalue weighted by Gasteiger charge is 2.09. The maximum Gasteiger partial charge on any atom is 0.320 e. The molecule has 0 saturated carbocycles. The predicted octanol–water partition coefficient (Wildman–Crippen LogP) is 1.80. The molecule has 88 valence electrons. The van der Waals surface area contributed by atoms with Crippen LogP contribution in [0.2, 0.25) is 0 Å². The van der Waals surface area contributed by atoms with Crippen LogP contribution in [0.3, 0.4) is 0 Å². The number of hydrogen-bond acceptors (Lipinski definition) is 3. The van der Waals surface area contributed by atoms with Gasteiger partial charge >= 0.3 is 5.97 Å². The number of pyridine rings is 1. The van der Waals surface area contributed by atoms with E-state index in [1.807, 2.05) is 30.3 Å². The maximum absolute atomic E-state index is 10.7. The SMILES string of the molecule is C[C@H](NCc1ccc2ncccc2c1)C(=O)O. The summed E-state index contributed by atoms with van der Waals surface area (Å²) in [4.78, 5) is 14.9. The topological polar surface area (TPSA) is 62.2 Å². The summed E-state index contributed by atoms with van der Waals surface area (Å²) >= 11 is 0. The molecule has 4 heteroatoms. The molecule has 0 spiro atoms. The van der Waals surface area contributed by atoms with Crippen LogP contribution < -0.4 is 5.32 Å². The molecule has 0 aliphatic carbocycles. The Kier molecular flexibility index (Phi) is 3.35. The number of fused-ring (bicyclic) bond motifs is 1. The van der Waals surface area contributed by atoms with Crippen molar-refractivity contribution >= 4 is 16.9 Å². The predicted molar refractivity (Wildman–Crippen MR) is 65.7 cm³/mol. The number of benzene rings is 1. The lowest BCUT2D eigenvalue weighted by atomic mass is 10.1. The Morgan fingerprint density at radius 1 is 1.47 bits per heavy atom. The van der Waals surface area contributed by atoms with Gasteiger partial charge in [-0.05, 0) is 30.7 Å². The fraction of sp³-hybridized carbons (Fsp3) is 0.231. The van der Waals surface area contributed by atoms with E-state index in [-0.39, 0.29) is 0 Å². The number of hydrogen-bond donors (Lipinski definition) is 2. The zero-order chi connectivity index (χ0) is 12.3. The largest absolute Gasteiger partial charge is 0.480 e. The second-order valence-electron chi connectivity index (χ2n) is 3.97. The molecule has 0 aliphatic rings. The summed E-state index contributed by atoms with van der Waals surface area (Å²) in [6.45, 7) is 2.17. The van der Waals surface area contributed by atoms with Gasteiger partial charge in [0.15, 0.2) is 0 Å². The third kappa shape index (κ3) is 2.79.